The Balaban J connectivity index is 1.92. The first-order valence-electron chi connectivity index (χ1n) is 4.64. The van der Waals surface area contributed by atoms with Crippen molar-refractivity contribution in [1.29, 1.82) is 5.41 Å². The fourth-order valence-electron chi connectivity index (χ4n) is 1.21. The van der Waals surface area contributed by atoms with Gasteiger partial charge in [-0.3, -0.25) is 5.41 Å². The summed E-state index contributed by atoms with van der Waals surface area (Å²) >= 11 is 3.21. The van der Waals surface area contributed by atoms with Gasteiger partial charge in [-0.25, -0.2) is 0 Å². The van der Waals surface area contributed by atoms with E-state index in [-0.39, 0.29) is 0 Å². The van der Waals surface area contributed by atoms with Crippen LogP contribution < -0.4 is 0 Å². The summed E-state index contributed by atoms with van der Waals surface area (Å²) in [4.78, 5) is 0. The Morgan fingerprint density at radius 3 is 2.67 bits per heavy atom. The smallest absolute Gasteiger partial charge is 0.0954 e. The lowest BCUT2D eigenvalue weighted by atomic mass is 10.2. The highest BCUT2D eigenvalue weighted by molar-refractivity contribution is 8.13. The summed E-state index contributed by atoms with van der Waals surface area (Å²) < 4.78 is 0. The van der Waals surface area contributed by atoms with Crippen LogP contribution in [0, 0.1) is 5.41 Å². The SMILES string of the molecule is N=C(SCc1ccccc1)c1ccsc1. The molecule has 0 amide bonds. The molecule has 0 saturated heterocycles. The van der Waals surface area contributed by atoms with E-state index in [0.29, 0.717) is 5.04 Å². The van der Waals surface area contributed by atoms with Gasteiger partial charge in [-0.2, -0.15) is 11.3 Å². The van der Waals surface area contributed by atoms with E-state index in [0.717, 1.165) is 11.3 Å². The third kappa shape index (κ3) is 2.94. The molecule has 2 rings (SSSR count). The van der Waals surface area contributed by atoms with E-state index in [1.165, 1.54) is 5.56 Å². The molecule has 0 aliphatic heterocycles. The summed E-state index contributed by atoms with van der Waals surface area (Å²) in [6.07, 6.45) is 0. The molecule has 1 N–H and O–H groups in total. The van der Waals surface area contributed by atoms with Gasteiger partial charge in [-0.1, -0.05) is 30.3 Å². The highest BCUT2D eigenvalue weighted by atomic mass is 32.2. The van der Waals surface area contributed by atoms with Gasteiger partial charge in [0.05, 0.1) is 5.04 Å². The van der Waals surface area contributed by atoms with E-state index >= 15 is 0 Å². The zero-order chi connectivity index (χ0) is 10.5. The van der Waals surface area contributed by atoms with Crippen LogP contribution in [0.4, 0.5) is 0 Å². The lowest BCUT2D eigenvalue weighted by Crippen LogP contribution is -1.91. The normalized spacial score (nSPS) is 10.1. The van der Waals surface area contributed by atoms with Crippen LogP contribution >= 0.6 is 23.1 Å². The van der Waals surface area contributed by atoms with Crippen molar-refractivity contribution >= 4 is 28.1 Å². The summed E-state index contributed by atoms with van der Waals surface area (Å²) in [5, 5.41) is 12.5. The number of thiophene rings is 1. The molecule has 0 unspecified atom stereocenters. The fourth-order valence-corrected chi connectivity index (χ4v) is 2.73. The molecule has 0 atom stereocenters. The minimum absolute atomic E-state index is 0.653. The van der Waals surface area contributed by atoms with E-state index in [9.17, 15) is 0 Å². The quantitative estimate of drug-likeness (QED) is 0.628. The first-order chi connectivity index (χ1) is 7.36. The Morgan fingerprint density at radius 1 is 1.20 bits per heavy atom. The average Bonchev–Trinajstić information content (AvgIpc) is 2.81. The van der Waals surface area contributed by atoms with Crippen molar-refractivity contribution in [3.8, 4) is 0 Å². The highest BCUT2D eigenvalue weighted by Gasteiger charge is 2.02. The molecular formula is C12H11NS2. The van der Waals surface area contributed by atoms with Gasteiger partial charge in [0.15, 0.2) is 0 Å². The molecule has 0 saturated carbocycles. The molecular weight excluding hydrogens is 222 g/mol. The van der Waals surface area contributed by atoms with Gasteiger partial charge >= 0.3 is 0 Å². The Hall–Kier alpha value is -1.06. The highest BCUT2D eigenvalue weighted by Crippen LogP contribution is 2.19. The molecule has 1 aromatic carbocycles. The van der Waals surface area contributed by atoms with E-state index in [1.54, 1.807) is 23.1 Å². The van der Waals surface area contributed by atoms with Gasteiger partial charge in [-0.15, -0.1) is 11.8 Å². The Bertz CT molecular complexity index is 420. The Labute approximate surface area is 97.7 Å². The van der Waals surface area contributed by atoms with Gasteiger partial charge in [-0.05, 0) is 17.0 Å². The second-order valence-corrected chi connectivity index (χ2v) is 4.88. The van der Waals surface area contributed by atoms with Crippen molar-refractivity contribution in [2.24, 2.45) is 0 Å². The van der Waals surface area contributed by atoms with E-state index in [1.807, 2.05) is 35.0 Å². The summed E-state index contributed by atoms with van der Waals surface area (Å²) in [5.41, 5.74) is 2.29. The predicted octanol–water partition coefficient (Wildman–Crippen LogP) is 4.01. The Kier molecular flexibility index (Phi) is 3.59. The van der Waals surface area contributed by atoms with Gasteiger partial charge < -0.3 is 0 Å². The monoisotopic (exact) mass is 233 g/mol. The minimum Gasteiger partial charge on any atom is -0.293 e. The topological polar surface area (TPSA) is 23.9 Å². The second kappa shape index (κ2) is 5.14. The Morgan fingerprint density at radius 2 is 2.00 bits per heavy atom. The maximum atomic E-state index is 7.87. The van der Waals surface area contributed by atoms with E-state index in [2.05, 4.69) is 12.1 Å². The van der Waals surface area contributed by atoms with Crippen LogP contribution in [-0.2, 0) is 5.75 Å². The van der Waals surface area contributed by atoms with Gasteiger partial charge in [0.2, 0.25) is 0 Å². The van der Waals surface area contributed by atoms with E-state index < -0.39 is 0 Å². The van der Waals surface area contributed by atoms with Crippen LogP contribution in [0.1, 0.15) is 11.1 Å². The first kappa shape index (κ1) is 10.5. The molecule has 0 spiro atoms. The number of hydrogen-bond donors (Lipinski definition) is 1. The average molecular weight is 233 g/mol. The third-order valence-corrected chi connectivity index (χ3v) is 3.69. The molecule has 1 nitrogen and oxygen atoms in total. The maximum Gasteiger partial charge on any atom is 0.0954 e. The van der Waals surface area contributed by atoms with E-state index in [4.69, 9.17) is 5.41 Å². The number of thioether (sulfide) groups is 1. The molecule has 1 heterocycles. The van der Waals surface area contributed by atoms with Gasteiger partial charge in [0.25, 0.3) is 0 Å². The standard InChI is InChI=1S/C12H11NS2/c13-12(11-6-7-14-9-11)15-8-10-4-2-1-3-5-10/h1-7,9,13H,8H2. The zero-order valence-corrected chi connectivity index (χ0v) is 9.78. The fraction of sp³-hybridized carbons (Fsp3) is 0.0833. The molecule has 1 aromatic heterocycles. The van der Waals surface area contributed by atoms with Crippen LogP contribution in [-0.4, -0.2) is 5.04 Å². The number of benzene rings is 1. The largest absolute Gasteiger partial charge is 0.293 e. The molecule has 2 aromatic rings. The lowest BCUT2D eigenvalue weighted by Gasteiger charge is -2.01. The summed E-state index contributed by atoms with van der Waals surface area (Å²) in [6.45, 7) is 0. The maximum absolute atomic E-state index is 7.87. The molecule has 0 aliphatic carbocycles. The van der Waals surface area contributed by atoms with Crippen LogP contribution in [0.15, 0.2) is 47.2 Å². The summed E-state index contributed by atoms with van der Waals surface area (Å²) in [5.74, 6) is 0.871. The van der Waals surface area contributed by atoms with Gasteiger partial charge in [0.1, 0.15) is 0 Å². The minimum atomic E-state index is 0.653. The summed E-state index contributed by atoms with van der Waals surface area (Å²) in [7, 11) is 0. The lowest BCUT2D eigenvalue weighted by molar-refractivity contribution is 1.42. The first-order valence-corrected chi connectivity index (χ1v) is 6.57. The van der Waals surface area contributed by atoms with Crippen molar-refractivity contribution in [3.05, 3.63) is 58.3 Å². The molecule has 0 fully saturated rings. The third-order valence-electron chi connectivity index (χ3n) is 2.01. The summed E-state index contributed by atoms with van der Waals surface area (Å²) in [6, 6.07) is 12.2. The second-order valence-electron chi connectivity index (χ2n) is 3.12. The van der Waals surface area contributed by atoms with Crippen LogP contribution in [0.5, 0.6) is 0 Å². The molecule has 0 aliphatic rings. The molecule has 0 bridgehead atoms. The van der Waals surface area contributed by atoms with Crippen molar-refractivity contribution in [2.75, 3.05) is 0 Å². The molecule has 0 radical (unpaired) electrons. The molecule has 76 valence electrons. The van der Waals surface area contributed by atoms with Crippen LogP contribution in [0.25, 0.3) is 0 Å². The number of hydrogen-bond acceptors (Lipinski definition) is 3. The number of nitrogens with one attached hydrogen (secondary N) is 1. The van der Waals surface area contributed by atoms with Crippen LogP contribution in [0.2, 0.25) is 0 Å². The van der Waals surface area contributed by atoms with Crippen molar-refractivity contribution < 1.29 is 0 Å². The molecule has 15 heavy (non-hydrogen) atoms. The van der Waals surface area contributed by atoms with Crippen molar-refractivity contribution in [2.45, 2.75) is 5.75 Å². The van der Waals surface area contributed by atoms with Crippen molar-refractivity contribution in [3.63, 3.8) is 0 Å². The predicted molar refractivity (Wildman–Crippen MR) is 68.9 cm³/mol. The molecule has 3 heteroatoms. The van der Waals surface area contributed by atoms with Crippen molar-refractivity contribution in [1.82, 2.24) is 0 Å². The number of rotatable bonds is 3. The van der Waals surface area contributed by atoms with Gasteiger partial charge in [0, 0.05) is 16.7 Å². The van der Waals surface area contributed by atoms with Crippen LogP contribution in [0.3, 0.4) is 0 Å². The zero-order valence-electron chi connectivity index (χ0n) is 8.14.